The van der Waals surface area contributed by atoms with E-state index in [-0.39, 0.29) is 19.1 Å². The lowest BCUT2D eigenvalue weighted by Crippen LogP contribution is -2.49. The van der Waals surface area contributed by atoms with Gasteiger partial charge in [-0.25, -0.2) is 22.2 Å². The number of hydrogen-bond donors (Lipinski definition) is 0. The van der Waals surface area contributed by atoms with Crippen molar-refractivity contribution in [3.63, 3.8) is 0 Å². The van der Waals surface area contributed by atoms with Crippen LogP contribution in [0.1, 0.15) is 18.0 Å². The average molecular weight is 373 g/mol. The van der Waals surface area contributed by atoms with Crippen LogP contribution in [0.4, 0.5) is 8.78 Å². The average Bonchev–Trinajstić information content (AvgIpc) is 3.11. The summed E-state index contributed by atoms with van der Waals surface area (Å²) in [5, 5.41) is 2.88. The summed E-state index contributed by atoms with van der Waals surface area (Å²) in [7, 11) is -4.04. The highest BCUT2D eigenvalue weighted by atomic mass is 32.2. The van der Waals surface area contributed by atoms with Gasteiger partial charge in [-0.1, -0.05) is 6.07 Å². The zero-order valence-corrected chi connectivity index (χ0v) is 14.7. The van der Waals surface area contributed by atoms with Crippen molar-refractivity contribution < 1.29 is 17.2 Å². The molecule has 1 fully saturated rings. The third-order valence-electron chi connectivity index (χ3n) is 4.16. The molecule has 1 aromatic heterocycles. The SMILES string of the molecule is C[C@@H](c1nccs1)N1CCN(S(=O)(=O)c2cccc(F)c2F)CC1. The van der Waals surface area contributed by atoms with Crippen molar-refractivity contribution in [2.75, 3.05) is 26.2 Å². The van der Waals surface area contributed by atoms with Crippen LogP contribution in [0, 0.1) is 11.6 Å². The van der Waals surface area contributed by atoms with Crippen LogP contribution in [0.15, 0.2) is 34.7 Å². The molecule has 0 spiro atoms. The van der Waals surface area contributed by atoms with E-state index in [0.717, 1.165) is 17.1 Å². The number of benzene rings is 1. The normalized spacial score (nSPS) is 18.6. The number of sulfonamides is 1. The lowest BCUT2D eigenvalue weighted by atomic mass is 10.2. The first-order chi connectivity index (χ1) is 11.4. The van der Waals surface area contributed by atoms with Crippen LogP contribution in [0.3, 0.4) is 0 Å². The molecule has 0 N–H and O–H groups in total. The van der Waals surface area contributed by atoms with Gasteiger partial charge in [-0.05, 0) is 19.1 Å². The Balaban J connectivity index is 1.73. The molecule has 1 atom stereocenters. The van der Waals surface area contributed by atoms with Crippen LogP contribution in [0.5, 0.6) is 0 Å². The molecule has 0 unspecified atom stereocenters. The summed E-state index contributed by atoms with van der Waals surface area (Å²) in [6.45, 7) is 3.51. The molecule has 1 aromatic carbocycles. The van der Waals surface area contributed by atoms with Crippen molar-refractivity contribution in [1.82, 2.24) is 14.2 Å². The number of halogens is 2. The molecule has 9 heteroatoms. The third-order valence-corrected chi connectivity index (χ3v) is 7.03. The molecule has 1 aliphatic rings. The van der Waals surface area contributed by atoms with Crippen LogP contribution < -0.4 is 0 Å². The lowest BCUT2D eigenvalue weighted by molar-refractivity contribution is 0.145. The maximum absolute atomic E-state index is 13.8. The van der Waals surface area contributed by atoms with E-state index in [1.807, 2.05) is 12.3 Å². The number of nitrogens with zero attached hydrogens (tertiary/aromatic N) is 3. The van der Waals surface area contributed by atoms with E-state index in [9.17, 15) is 17.2 Å². The molecule has 1 saturated heterocycles. The second kappa shape index (κ2) is 6.83. The molecule has 2 aromatic rings. The second-order valence-electron chi connectivity index (χ2n) is 5.54. The Hall–Kier alpha value is -1.42. The standard InChI is InChI=1S/C15H17F2N3O2S2/c1-11(15-18-5-10-23-15)19-6-8-20(9-7-19)24(21,22)13-4-2-3-12(16)14(13)17/h2-5,10-11H,6-9H2,1H3/t11-/m0/s1. The second-order valence-corrected chi connectivity index (χ2v) is 8.37. The van der Waals surface area contributed by atoms with Gasteiger partial charge in [0, 0.05) is 37.8 Å². The molecular weight excluding hydrogens is 356 g/mol. The van der Waals surface area contributed by atoms with Crippen molar-refractivity contribution in [2.45, 2.75) is 17.9 Å². The van der Waals surface area contributed by atoms with Crippen LogP contribution >= 0.6 is 11.3 Å². The van der Waals surface area contributed by atoms with Gasteiger partial charge in [0.1, 0.15) is 9.90 Å². The zero-order valence-electron chi connectivity index (χ0n) is 13.0. The molecule has 3 rings (SSSR count). The van der Waals surface area contributed by atoms with Crippen molar-refractivity contribution in [1.29, 1.82) is 0 Å². The number of rotatable bonds is 4. The number of thiazole rings is 1. The van der Waals surface area contributed by atoms with Crippen LogP contribution in [-0.4, -0.2) is 48.8 Å². The fraction of sp³-hybridized carbons (Fsp3) is 0.400. The number of aromatic nitrogens is 1. The van der Waals surface area contributed by atoms with Gasteiger partial charge < -0.3 is 0 Å². The van der Waals surface area contributed by atoms with Crippen LogP contribution in [-0.2, 0) is 10.0 Å². The van der Waals surface area contributed by atoms with Gasteiger partial charge in [0.15, 0.2) is 11.6 Å². The van der Waals surface area contributed by atoms with Crippen molar-refractivity contribution >= 4 is 21.4 Å². The molecule has 24 heavy (non-hydrogen) atoms. The molecule has 0 amide bonds. The summed E-state index contributed by atoms with van der Waals surface area (Å²) < 4.78 is 53.5. The van der Waals surface area contributed by atoms with E-state index >= 15 is 0 Å². The zero-order chi connectivity index (χ0) is 17.3. The highest BCUT2D eigenvalue weighted by molar-refractivity contribution is 7.89. The Morgan fingerprint density at radius 2 is 1.92 bits per heavy atom. The van der Waals surface area contributed by atoms with Gasteiger partial charge in [0.25, 0.3) is 0 Å². The summed E-state index contributed by atoms with van der Waals surface area (Å²) in [5.74, 6) is -2.48. The van der Waals surface area contributed by atoms with E-state index < -0.39 is 26.6 Å². The Morgan fingerprint density at radius 1 is 1.21 bits per heavy atom. The highest BCUT2D eigenvalue weighted by Crippen LogP contribution is 2.26. The van der Waals surface area contributed by atoms with E-state index in [4.69, 9.17) is 0 Å². The predicted molar refractivity (Wildman–Crippen MR) is 87.2 cm³/mol. The lowest BCUT2D eigenvalue weighted by Gasteiger charge is -2.36. The van der Waals surface area contributed by atoms with E-state index in [0.29, 0.717) is 13.1 Å². The summed E-state index contributed by atoms with van der Waals surface area (Å²) in [6.07, 6.45) is 1.74. The van der Waals surface area contributed by atoms with Gasteiger partial charge in [0.05, 0.1) is 6.04 Å². The largest absolute Gasteiger partial charge is 0.292 e. The minimum absolute atomic E-state index is 0.0979. The monoisotopic (exact) mass is 373 g/mol. The van der Waals surface area contributed by atoms with E-state index in [2.05, 4.69) is 9.88 Å². The Bertz CT molecular complexity index is 804. The Labute approximate surface area is 143 Å². The summed E-state index contributed by atoms with van der Waals surface area (Å²) in [6, 6.07) is 3.30. The number of piperazine rings is 1. The molecule has 0 saturated carbocycles. The van der Waals surface area contributed by atoms with Gasteiger partial charge in [-0.2, -0.15) is 4.31 Å². The summed E-state index contributed by atoms with van der Waals surface area (Å²) in [4.78, 5) is 5.81. The first kappa shape index (κ1) is 17.4. The first-order valence-electron chi connectivity index (χ1n) is 7.49. The van der Waals surface area contributed by atoms with Crippen molar-refractivity contribution in [3.05, 3.63) is 46.4 Å². The van der Waals surface area contributed by atoms with Crippen LogP contribution in [0.25, 0.3) is 0 Å². The highest BCUT2D eigenvalue weighted by Gasteiger charge is 2.33. The maximum Gasteiger partial charge on any atom is 0.246 e. The number of hydrogen-bond acceptors (Lipinski definition) is 5. The quantitative estimate of drug-likeness (QED) is 0.826. The third kappa shape index (κ3) is 3.21. The smallest absolute Gasteiger partial charge is 0.246 e. The predicted octanol–water partition coefficient (Wildman–Crippen LogP) is 2.49. The first-order valence-corrected chi connectivity index (χ1v) is 9.81. The fourth-order valence-corrected chi connectivity index (χ4v) is 4.98. The molecule has 5 nitrogen and oxygen atoms in total. The minimum Gasteiger partial charge on any atom is -0.292 e. The van der Waals surface area contributed by atoms with E-state index in [1.165, 1.54) is 10.4 Å². The van der Waals surface area contributed by atoms with Gasteiger partial charge in [-0.3, -0.25) is 4.90 Å². The molecule has 130 valence electrons. The maximum atomic E-state index is 13.8. The Kier molecular flexibility index (Phi) is 4.95. The summed E-state index contributed by atoms with van der Waals surface area (Å²) in [5.41, 5.74) is 0. The van der Waals surface area contributed by atoms with Crippen molar-refractivity contribution in [3.8, 4) is 0 Å². The van der Waals surface area contributed by atoms with Crippen LogP contribution in [0.2, 0.25) is 0 Å². The molecule has 0 radical (unpaired) electrons. The van der Waals surface area contributed by atoms with Crippen molar-refractivity contribution in [2.24, 2.45) is 0 Å². The molecule has 1 aliphatic heterocycles. The van der Waals surface area contributed by atoms with E-state index in [1.54, 1.807) is 17.5 Å². The van der Waals surface area contributed by atoms with Gasteiger partial charge >= 0.3 is 0 Å². The Morgan fingerprint density at radius 3 is 2.54 bits per heavy atom. The molecule has 2 heterocycles. The van der Waals surface area contributed by atoms with Gasteiger partial charge in [0.2, 0.25) is 10.0 Å². The molecule has 0 aliphatic carbocycles. The fourth-order valence-electron chi connectivity index (χ4n) is 2.75. The minimum atomic E-state index is -4.04. The molecular formula is C15H17F2N3O2S2. The molecule has 0 bridgehead atoms. The summed E-state index contributed by atoms with van der Waals surface area (Å²) >= 11 is 1.56. The topological polar surface area (TPSA) is 53.5 Å². The van der Waals surface area contributed by atoms with Gasteiger partial charge in [-0.15, -0.1) is 11.3 Å².